The number of benzene rings is 1. The van der Waals surface area contributed by atoms with Gasteiger partial charge in [-0.3, -0.25) is 9.59 Å². The molecule has 0 aliphatic rings. The van der Waals surface area contributed by atoms with Gasteiger partial charge in [0.2, 0.25) is 0 Å². The van der Waals surface area contributed by atoms with Crippen molar-refractivity contribution in [3.05, 3.63) is 35.1 Å². The van der Waals surface area contributed by atoms with E-state index in [4.69, 9.17) is 5.11 Å². The molecule has 0 atom stereocenters. The lowest BCUT2D eigenvalue weighted by atomic mass is 9.94. The second kappa shape index (κ2) is 5.16. The van der Waals surface area contributed by atoms with Crippen LogP contribution in [-0.4, -0.2) is 23.5 Å². The summed E-state index contributed by atoms with van der Waals surface area (Å²) in [5, 5.41) is 11.3. The van der Waals surface area contributed by atoms with E-state index in [0.29, 0.717) is 0 Å². The van der Waals surface area contributed by atoms with Crippen LogP contribution in [0.25, 0.3) is 0 Å². The third kappa shape index (κ3) is 3.29. The average molecular weight is 253 g/mol. The van der Waals surface area contributed by atoms with E-state index >= 15 is 0 Å². The van der Waals surface area contributed by atoms with Crippen molar-refractivity contribution in [1.82, 2.24) is 5.32 Å². The Labute approximate surface area is 105 Å². The van der Waals surface area contributed by atoms with Crippen LogP contribution in [0, 0.1) is 18.2 Å². The molecule has 0 fully saturated rings. The van der Waals surface area contributed by atoms with Gasteiger partial charge in [0.1, 0.15) is 5.82 Å². The van der Waals surface area contributed by atoms with Crippen LogP contribution in [0.4, 0.5) is 4.39 Å². The number of amides is 1. The summed E-state index contributed by atoms with van der Waals surface area (Å²) in [4.78, 5) is 22.6. The molecule has 0 unspecified atom stereocenters. The molecule has 5 heteroatoms. The molecule has 0 saturated carbocycles. The minimum absolute atomic E-state index is 0.0610. The number of aryl methyl sites for hydroxylation is 1. The van der Waals surface area contributed by atoms with Crippen molar-refractivity contribution in [2.75, 3.05) is 6.54 Å². The molecular weight excluding hydrogens is 237 g/mol. The van der Waals surface area contributed by atoms with Gasteiger partial charge in [0, 0.05) is 6.54 Å². The zero-order valence-electron chi connectivity index (χ0n) is 10.6. The normalized spacial score (nSPS) is 11.1. The summed E-state index contributed by atoms with van der Waals surface area (Å²) in [6.07, 6.45) is 0. The number of carbonyl (C=O) groups excluding carboxylic acids is 1. The van der Waals surface area contributed by atoms with Gasteiger partial charge in [-0.1, -0.05) is 6.07 Å². The monoisotopic (exact) mass is 253 g/mol. The highest BCUT2D eigenvalue weighted by atomic mass is 19.1. The van der Waals surface area contributed by atoms with E-state index in [2.05, 4.69) is 5.32 Å². The van der Waals surface area contributed by atoms with Crippen LogP contribution in [0.2, 0.25) is 0 Å². The highest BCUT2D eigenvalue weighted by Gasteiger charge is 2.28. The maximum atomic E-state index is 13.5. The van der Waals surface area contributed by atoms with E-state index in [-0.39, 0.29) is 12.1 Å². The Bertz CT molecular complexity index is 483. The molecule has 1 aromatic carbocycles. The smallest absolute Gasteiger partial charge is 0.310 e. The molecule has 0 heterocycles. The Morgan fingerprint density at radius 2 is 2.00 bits per heavy atom. The number of carboxylic acids is 1. The van der Waals surface area contributed by atoms with Crippen LogP contribution in [0.3, 0.4) is 0 Å². The van der Waals surface area contributed by atoms with Crippen molar-refractivity contribution < 1.29 is 19.1 Å². The summed E-state index contributed by atoms with van der Waals surface area (Å²) in [5.41, 5.74) is -0.451. The number of rotatable bonds is 4. The molecule has 1 rings (SSSR count). The van der Waals surface area contributed by atoms with Crippen molar-refractivity contribution in [2.45, 2.75) is 20.8 Å². The van der Waals surface area contributed by atoms with Crippen LogP contribution in [0.5, 0.6) is 0 Å². The van der Waals surface area contributed by atoms with Crippen LogP contribution in [0.15, 0.2) is 18.2 Å². The summed E-state index contributed by atoms with van der Waals surface area (Å²) in [7, 11) is 0. The summed E-state index contributed by atoms with van der Waals surface area (Å²) in [6, 6.07) is 4.27. The summed E-state index contributed by atoms with van der Waals surface area (Å²) >= 11 is 0. The molecule has 4 nitrogen and oxygen atoms in total. The molecule has 1 aromatic rings. The van der Waals surface area contributed by atoms with Crippen molar-refractivity contribution in [3.8, 4) is 0 Å². The molecule has 18 heavy (non-hydrogen) atoms. The molecule has 98 valence electrons. The quantitative estimate of drug-likeness (QED) is 0.862. The van der Waals surface area contributed by atoms with Gasteiger partial charge in [0.25, 0.3) is 5.91 Å². The zero-order valence-corrected chi connectivity index (χ0v) is 10.6. The molecule has 0 radical (unpaired) electrons. The molecule has 2 N–H and O–H groups in total. The fraction of sp³-hybridized carbons (Fsp3) is 0.385. The highest BCUT2D eigenvalue weighted by molar-refractivity contribution is 5.94. The van der Waals surface area contributed by atoms with E-state index in [9.17, 15) is 14.0 Å². The van der Waals surface area contributed by atoms with Gasteiger partial charge in [-0.15, -0.1) is 0 Å². The number of aliphatic carboxylic acids is 1. The van der Waals surface area contributed by atoms with Gasteiger partial charge < -0.3 is 10.4 Å². The van der Waals surface area contributed by atoms with E-state index in [1.807, 2.05) is 0 Å². The molecule has 0 bridgehead atoms. The Kier molecular flexibility index (Phi) is 4.06. The minimum Gasteiger partial charge on any atom is -0.481 e. The van der Waals surface area contributed by atoms with Crippen molar-refractivity contribution >= 4 is 11.9 Å². The van der Waals surface area contributed by atoms with Gasteiger partial charge in [0.05, 0.1) is 11.0 Å². The minimum atomic E-state index is -1.09. The first kappa shape index (κ1) is 14.2. The van der Waals surface area contributed by atoms with E-state index in [1.165, 1.54) is 26.0 Å². The van der Waals surface area contributed by atoms with Crippen LogP contribution >= 0.6 is 0 Å². The lowest BCUT2D eigenvalue weighted by Crippen LogP contribution is -2.39. The molecule has 0 aliphatic carbocycles. The third-order valence-corrected chi connectivity index (χ3v) is 2.64. The van der Waals surface area contributed by atoms with Gasteiger partial charge in [-0.05, 0) is 38.5 Å². The largest absolute Gasteiger partial charge is 0.481 e. The van der Waals surface area contributed by atoms with Crippen molar-refractivity contribution in [2.24, 2.45) is 5.41 Å². The zero-order chi connectivity index (χ0) is 13.9. The van der Waals surface area contributed by atoms with Gasteiger partial charge in [-0.2, -0.15) is 0 Å². The predicted octanol–water partition coefficient (Wildman–Crippen LogP) is 1.97. The van der Waals surface area contributed by atoms with Crippen LogP contribution in [0.1, 0.15) is 29.8 Å². The van der Waals surface area contributed by atoms with E-state index in [0.717, 1.165) is 5.56 Å². The topological polar surface area (TPSA) is 66.4 Å². The molecule has 0 aromatic heterocycles. The standard InChI is InChI=1S/C13H16FNO3/c1-8-4-5-9(10(14)6-8)11(16)15-7-13(2,3)12(17)18/h4-6H,7H2,1-3H3,(H,15,16)(H,17,18). The number of halogens is 1. The molecule has 0 saturated heterocycles. The third-order valence-electron chi connectivity index (χ3n) is 2.64. The Hall–Kier alpha value is -1.91. The molecule has 0 aliphatic heterocycles. The van der Waals surface area contributed by atoms with Crippen LogP contribution in [-0.2, 0) is 4.79 Å². The maximum absolute atomic E-state index is 13.5. The van der Waals surface area contributed by atoms with E-state index < -0.39 is 23.1 Å². The van der Waals surface area contributed by atoms with E-state index in [1.54, 1.807) is 13.0 Å². The second-order valence-electron chi connectivity index (χ2n) is 4.86. The predicted molar refractivity (Wildman–Crippen MR) is 64.9 cm³/mol. The number of carbonyl (C=O) groups is 2. The second-order valence-corrected chi connectivity index (χ2v) is 4.86. The highest BCUT2D eigenvalue weighted by Crippen LogP contribution is 2.14. The van der Waals surface area contributed by atoms with Crippen LogP contribution < -0.4 is 5.32 Å². The first-order chi connectivity index (χ1) is 8.24. The summed E-state index contributed by atoms with van der Waals surface area (Å²) in [6.45, 7) is 4.63. The maximum Gasteiger partial charge on any atom is 0.310 e. The number of hydrogen-bond donors (Lipinski definition) is 2. The fourth-order valence-electron chi connectivity index (χ4n) is 1.28. The number of carboxylic acid groups (broad SMARTS) is 1. The first-order valence-corrected chi connectivity index (χ1v) is 5.52. The van der Waals surface area contributed by atoms with Gasteiger partial charge >= 0.3 is 5.97 Å². The van der Waals surface area contributed by atoms with Gasteiger partial charge in [-0.25, -0.2) is 4.39 Å². The number of nitrogens with one attached hydrogen (secondary N) is 1. The molecule has 1 amide bonds. The SMILES string of the molecule is Cc1ccc(C(=O)NCC(C)(C)C(=O)O)c(F)c1. The average Bonchev–Trinajstić information content (AvgIpc) is 2.25. The van der Waals surface area contributed by atoms with Gasteiger partial charge in [0.15, 0.2) is 0 Å². The molecular formula is C13H16FNO3. The molecule has 0 spiro atoms. The lowest BCUT2D eigenvalue weighted by molar-refractivity contribution is -0.146. The summed E-state index contributed by atoms with van der Waals surface area (Å²) in [5.74, 6) is -2.24. The Morgan fingerprint density at radius 1 is 1.39 bits per heavy atom. The number of hydrogen-bond acceptors (Lipinski definition) is 2. The van der Waals surface area contributed by atoms with Crippen molar-refractivity contribution in [1.29, 1.82) is 0 Å². The summed E-state index contributed by atoms with van der Waals surface area (Å²) < 4.78 is 13.5. The first-order valence-electron chi connectivity index (χ1n) is 5.52. The fourth-order valence-corrected chi connectivity index (χ4v) is 1.28. The lowest BCUT2D eigenvalue weighted by Gasteiger charge is -2.19. The van der Waals surface area contributed by atoms with Crippen molar-refractivity contribution in [3.63, 3.8) is 0 Å². The Balaban J connectivity index is 2.75. The Morgan fingerprint density at radius 3 is 2.50 bits per heavy atom.